The van der Waals surface area contributed by atoms with Crippen LogP contribution in [0.25, 0.3) is 0 Å². The molecule has 0 aromatic heterocycles. The lowest BCUT2D eigenvalue weighted by Gasteiger charge is -2.33. The average molecular weight is 331 g/mol. The normalized spacial score (nSPS) is 20.6. The van der Waals surface area contributed by atoms with Crippen molar-refractivity contribution in [2.45, 2.75) is 32.3 Å². The predicted molar refractivity (Wildman–Crippen MR) is 92.3 cm³/mol. The molecule has 2 aliphatic heterocycles. The number of anilines is 1. The van der Waals surface area contributed by atoms with Crippen LogP contribution in [0.2, 0.25) is 0 Å². The van der Waals surface area contributed by atoms with Crippen LogP contribution in [0, 0.1) is 5.92 Å². The molecule has 0 atom stereocenters. The number of carbonyl (C=O) groups is 2. The Hall–Kier alpha value is -2.08. The number of amides is 1. The maximum Gasteiger partial charge on any atom is 0.220 e. The quantitative estimate of drug-likeness (QED) is 0.820. The van der Waals surface area contributed by atoms with Crippen molar-refractivity contribution in [1.82, 2.24) is 4.90 Å². The van der Waals surface area contributed by atoms with E-state index in [4.69, 9.17) is 10.5 Å². The summed E-state index contributed by atoms with van der Waals surface area (Å²) in [4.78, 5) is 25.8. The number of primary amides is 1. The lowest BCUT2D eigenvalue weighted by atomic mass is 9.96. The summed E-state index contributed by atoms with van der Waals surface area (Å²) >= 11 is 0. The monoisotopic (exact) mass is 331 g/mol. The van der Waals surface area contributed by atoms with Gasteiger partial charge in [0.25, 0.3) is 0 Å². The van der Waals surface area contributed by atoms with Gasteiger partial charge in [0.15, 0.2) is 5.78 Å². The van der Waals surface area contributed by atoms with Gasteiger partial charge in [-0.05, 0) is 58.0 Å². The average Bonchev–Trinajstić information content (AvgIpc) is 2.54. The lowest BCUT2D eigenvalue weighted by Crippen LogP contribution is -2.41. The Morgan fingerprint density at radius 1 is 1.33 bits per heavy atom. The van der Waals surface area contributed by atoms with Crippen molar-refractivity contribution in [2.24, 2.45) is 11.7 Å². The number of piperidine rings is 1. The molecule has 130 valence electrons. The number of fused-ring (bicyclic) bond motifs is 1. The van der Waals surface area contributed by atoms with Gasteiger partial charge in [-0.3, -0.25) is 14.5 Å². The zero-order valence-corrected chi connectivity index (χ0v) is 14.3. The molecule has 6 heteroatoms. The number of Topliss-reactive ketones (excluding diaryl/α,β-unsaturated/α-hetero) is 1. The SMILES string of the molecule is CC1(C)CNc2cc(C(=O)CN3CCC(C(N)=O)CC3)ccc2O1. The van der Waals surface area contributed by atoms with Crippen molar-refractivity contribution in [3.8, 4) is 5.75 Å². The van der Waals surface area contributed by atoms with Crippen LogP contribution in [0.4, 0.5) is 5.69 Å². The van der Waals surface area contributed by atoms with Crippen molar-refractivity contribution in [3.05, 3.63) is 23.8 Å². The summed E-state index contributed by atoms with van der Waals surface area (Å²) in [6, 6.07) is 5.54. The van der Waals surface area contributed by atoms with Crippen molar-refractivity contribution in [2.75, 3.05) is 31.5 Å². The maximum absolute atomic E-state index is 12.5. The standard InChI is InChI=1S/C18H25N3O3/c1-18(2)11-20-14-9-13(3-4-16(14)24-18)15(22)10-21-7-5-12(6-8-21)17(19)23/h3-4,9,12,20H,5-8,10-11H2,1-2H3,(H2,19,23). The van der Waals surface area contributed by atoms with Crippen molar-refractivity contribution >= 4 is 17.4 Å². The third-order valence-electron chi connectivity index (χ3n) is 4.75. The third-order valence-corrected chi connectivity index (χ3v) is 4.75. The summed E-state index contributed by atoms with van der Waals surface area (Å²) < 4.78 is 5.91. The molecule has 1 saturated heterocycles. The van der Waals surface area contributed by atoms with Crippen LogP contribution in [0.3, 0.4) is 0 Å². The van der Waals surface area contributed by atoms with Crippen molar-refractivity contribution in [3.63, 3.8) is 0 Å². The van der Waals surface area contributed by atoms with E-state index in [1.807, 2.05) is 32.0 Å². The highest BCUT2D eigenvalue weighted by molar-refractivity contribution is 5.98. The number of carbonyl (C=O) groups excluding carboxylic acids is 2. The topological polar surface area (TPSA) is 84.7 Å². The molecule has 2 heterocycles. The molecule has 0 aliphatic carbocycles. The van der Waals surface area contributed by atoms with Crippen LogP contribution in [0.1, 0.15) is 37.0 Å². The fourth-order valence-electron chi connectivity index (χ4n) is 3.24. The Kier molecular flexibility index (Phi) is 4.49. The third kappa shape index (κ3) is 3.70. The fourth-order valence-corrected chi connectivity index (χ4v) is 3.24. The van der Waals surface area contributed by atoms with E-state index in [0.717, 1.165) is 37.4 Å². The molecule has 1 aromatic rings. The Morgan fingerprint density at radius 2 is 2.04 bits per heavy atom. The molecule has 1 amide bonds. The number of ketones is 1. The molecule has 0 unspecified atom stereocenters. The van der Waals surface area contributed by atoms with Gasteiger partial charge in [-0.25, -0.2) is 0 Å². The van der Waals surface area contributed by atoms with E-state index in [9.17, 15) is 9.59 Å². The van der Waals surface area contributed by atoms with E-state index in [1.54, 1.807) is 0 Å². The summed E-state index contributed by atoms with van der Waals surface area (Å²) in [6.07, 6.45) is 1.47. The molecule has 24 heavy (non-hydrogen) atoms. The van der Waals surface area contributed by atoms with Gasteiger partial charge in [-0.2, -0.15) is 0 Å². The van der Waals surface area contributed by atoms with Crippen LogP contribution in [0.15, 0.2) is 18.2 Å². The summed E-state index contributed by atoms with van der Waals surface area (Å²) in [5, 5.41) is 3.33. The van der Waals surface area contributed by atoms with Crippen molar-refractivity contribution < 1.29 is 14.3 Å². The van der Waals surface area contributed by atoms with Gasteiger partial charge in [-0.1, -0.05) is 0 Å². The maximum atomic E-state index is 12.5. The van der Waals surface area contributed by atoms with E-state index < -0.39 is 0 Å². The molecule has 3 N–H and O–H groups in total. The number of nitrogens with one attached hydrogen (secondary N) is 1. The van der Waals surface area contributed by atoms with Gasteiger partial charge in [0.2, 0.25) is 5.91 Å². The van der Waals surface area contributed by atoms with Crippen LogP contribution in [-0.2, 0) is 4.79 Å². The minimum absolute atomic E-state index is 0.0511. The number of hydrogen-bond acceptors (Lipinski definition) is 5. The van der Waals surface area contributed by atoms with E-state index in [-0.39, 0.29) is 23.2 Å². The predicted octanol–water partition coefficient (Wildman–Crippen LogP) is 1.65. The number of likely N-dealkylation sites (tertiary alicyclic amines) is 1. The molecule has 0 bridgehead atoms. The van der Waals surface area contributed by atoms with E-state index in [0.29, 0.717) is 18.7 Å². The van der Waals surface area contributed by atoms with E-state index >= 15 is 0 Å². The smallest absolute Gasteiger partial charge is 0.220 e. The highest BCUT2D eigenvalue weighted by Gasteiger charge is 2.28. The zero-order chi connectivity index (χ0) is 17.3. The van der Waals surface area contributed by atoms with Crippen molar-refractivity contribution in [1.29, 1.82) is 0 Å². The number of nitrogens with two attached hydrogens (primary N) is 1. The second-order valence-corrected chi connectivity index (χ2v) is 7.30. The molecule has 0 radical (unpaired) electrons. The number of ether oxygens (including phenoxy) is 1. The van der Waals surface area contributed by atoms with Gasteiger partial charge in [0.05, 0.1) is 18.8 Å². The summed E-state index contributed by atoms with van der Waals surface area (Å²) in [5.41, 5.74) is 6.65. The Bertz CT molecular complexity index is 649. The number of hydrogen-bond donors (Lipinski definition) is 2. The molecule has 3 rings (SSSR count). The Balaban J connectivity index is 1.61. The second kappa shape index (κ2) is 6.43. The number of nitrogens with zero attached hydrogens (tertiary/aromatic N) is 1. The van der Waals surface area contributed by atoms with E-state index in [2.05, 4.69) is 10.2 Å². The van der Waals surface area contributed by atoms with Gasteiger partial charge >= 0.3 is 0 Å². The highest BCUT2D eigenvalue weighted by atomic mass is 16.5. The highest BCUT2D eigenvalue weighted by Crippen LogP contribution is 2.33. The molecular formula is C18H25N3O3. The second-order valence-electron chi connectivity index (χ2n) is 7.30. The zero-order valence-electron chi connectivity index (χ0n) is 14.3. The summed E-state index contributed by atoms with van der Waals surface area (Å²) in [5.74, 6) is 0.585. The molecule has 0 saturated carbocycles. The molecule has 2 aliphatic rings. The van der Waals surface area contributed by atoms with Crippen LogP contribution in [0.5, 0.6) is 5.75 Å². The first-order chi connectivity index (χ1) is 11.3. The molecule has 1 aromatic carbocycles. The Labute approximate surface area is 142 Å². The van der Waals surface area contributed by atoms with Gasteiger partial charge in [-0.15, -0.1) is 0 Å². The molecule has 0 spiro atoms. The summed E-state index contributed by atoms with van der Waals surface area (Å²) in [6.45, 7) is 6.60. The molecule has 6 nitrogen and oxygen atoms in total. The van der Waals surface area contributed by atoms with Crippen LogP contribution in [-0.4, -0.2) is 48.4 Å². The van der Waals surface area contributed by atoms with Gasteiger partial charge < -0.3 is 15.8 Å². The van der Waals surface area contributed by atoms with Gasteiger partial charge in [0, 0.05) is 11.5 Å². The first-order valence-electron chi connectivity index (χ1n) is 8.46. The number of rotatable bonds is 4. The summed E-state index contributed by atoms with van der Waals surface area (Å²) in [7, 11) is 0. The first-order valence-corrected chi connectivity index (χ1v) is 8.46. The fraction of sp³-hybridized carbons (Fsp3) is 0.556. The van der Waals surface area contributed by atoms with Crippen LogP contribution < -0.4 is 15.8 Å². The molecule has 1 fully saturated rings. The minimum atomic E-state index is -0.247. The minimum Gasteiger partial charge on any atom is -0.484 e. The van der Waals surface area contributed by atoms with Crippen LogP contribution >= 0.6 is 0 Å². The van der Waals surface area contributed by atoms with Gasteiger partial charge in [0.1, 0.15) is 11.4 Å². The van der Waals surface area contributed by atoms with E-state index in [1.165, 1.54) is 0 Å². The lowest BCUT2D eigenvalue weighted by molar-refractivity contribution is -0.123. The largest absolute Gasteiger partial charge is 0.484 e. The molecular weight excluding hydrogens is 306 g/mol. The number of benzene rings is 1. The first kappa shape index (κ1) is 16.8. The Morgan fingerprint density at radius 3 is 2.71 bits per heavy atom.